The van der Waals surface area contributed by atoms with Gasteiger partial charge in [-0.1, -0.05) is 35.0 Å². The molecule has 2 aromatic carbocycles. The van der Waals surface area contributed by atoms with Crippen molar-refractivity contribution in [2.24, 2.45) is 0 Å². The third-order valence-electron chi connectivity index (χ3n) is 6.61. The number of methoxy groups -OCH3 is 3. The fraction of sp³-hybridized carbons (Fsp3) is 0.296. The van der Waals surface area contributed by atoms with Gasteiger partial charge in [-0.15, -0.1) is 0 Å². The van der Waals surface area contributed by atoms with Crippen molar-refractivity contribution < 1.29 is 23.5 Å². The Kier molecular flexibility index (Phi) is 6.55. The summed E-state index contributed by atoms with van der Waals surface area (Å²) in [6.07, 6.45) is 4.47. The number of carbonyl (C=O) groups is 1. The first-order chi connectivity index (χ1) is 17.9. The molecule has 0 bridgehead atoms. The number of rotatable bonds is 7. The lowest BCUT2D eigenvalue weighted by Crippen LogP contribution is -2.35. The molecule has 0 spiro atoms. The molecule has 1 amide bonds. The van der Waals surface area contributed by atoms with Gasteiger partial charge >= 0.3 is 0 Å². The van der Waals surface area contributed by atoms with Gasteiger partial charge in [-0.2, -0.15) is 0 Å². The quantitative estimate of drug-likeness (QED) is 0.359. The third-order valence-corrected chi connectivity index (χ3v) is 6.93. The average molecular weight is 524 g/mol. The maximum absolute atomic E-state index is 13.5. The maximum Gasteiger partial charge on any atom is 0.264 e. The summed E-state index contributed by atoms with van der Waals surface area (Å²) >= 11 is 6.52. The number of nitrogens with one attached hydrogen (secondary N) is 1. The van der Waals surface area contributed by atoms with Gasteiger partial charge < -0.3 is 28.6 Å². The molecule has 2 heterocycles. The number of amides is 1. The number of halogens is 1. The second-order valence-corrected chi connectivity index (χ2v) is 9.25. The second-order valence-electron chi connectivity index (χ2n) is 8.84. The zero-order valence-corrected chi connectivity index (χ0v) is 21.6. The molecule has 10 heteroatoms. The first-order valence-corrected chi connectivity index (χ1v) is 12.1. The lowest BCUT2D eigenvalue weighted by Gasteiger charge is -2.19. The number of nitrogens with zero attached hydrogens (tertiary/aromatic N) is 2. The zero-order chi connectivity index (χ0) is 26.3. The van der Waals surface area contributed by atoms with E-state index in [-0.39, 0.29) is 30.0 Å². The average Bonchev–Trinajstić information content (AvgIpc) is 3.50. The summed E-state index contributed by atoms with van der Waals surface area (Å²) in [7, 11) is 4.59. The highest BCUT2D eigenvalue weighted by Crippen LogP contribution is 2.38. The van der Waals surface area contributed by atoms with Crippen LogP contribution >= 0.6 is 11.6 Å². The molecule has 0 aliphatic heterocycles. The summed E-state index contributed by atoms with van der Waals surface area (Å²) in [6.45, 7) is 1.71. The number of benzene rings is 2. The molecule has 37 heavy (non-hydrogen) atoms. The van der Waals surface area contributed by atoms with Gasteiger partial charge in [-0.3, -0.25) is 9.59 Å². The molecule has 5 rings (SSSR count). The predicted molar refractivity (Wildman–Crippen MR) is 140 cm³/mol. The van der Waals surface area contributed by atoms with Crippen LogP contribution in [-0.4, -0.2) is 43.0 Å². The van der Waals surface area contributed by atoms with Crippen LogP contribution in [-0.2, 0) is 11.2 Å². The number of fused-ring (bicyclic) bond motifs is 3. The van der Waals surface area contributed by atoms with E-state index < -0.39 is 0 Å². The van der Waals surface area contributed by atoms with Crippen molar-refractivity contribution >= 4 is 39.3 Å². The maximum atomic E-state index is 13.5. The summed E-state index contributed by atoms with van der Waals surface area (Å²) in [5.41, 5.74) is 1.63. The number of hydrogen-bond donors (Lipinski definition) is 1. The van der Waals surface area contributed by atoms with Crippen LogP contribution in [0.4, 0.5) is 0 Å². The Hall–Kier alpha value is -3.98. The topological polar surface area (TPSA) is 105 Å². The molecular weight excluding hydrogens is 498 g/mol. The van der Waals surface area contributed by atoms with E-state index in [1.165, 1.54) is 21.3 Å². The minimum absolute atomic E-state index is 0.121. The molecule has 2 atom stereocenters. The Balaban J connectivity index is 1.39. The van der Waals surface area contributed by atoms with Crippen LogP contribution in [0.3, 0.4) is 0 Å². The van der Waals surface area contributed by atoms with Gasteiger partial charge in [-0.25, -0.2) is 0 Å². The number of hydrogen-bond acceptors (Lipinski definition) is 7. The molecule has 0 fully saturated rings. The van der Waals surface area contributed by atoms with Crippen molar-refractivity contribution in [2.75, 3.05) is 21.3 Å². The number of aromatic nitrogens is 2. The normalized spacial score (nSPS) is 16.9. The van der Waals surface area contributed by atoms with Gasteiger partial charge in [0.1, 0.15) is 16.7 Å². The standard InChI is InChI=1S/C27H26ClN3O6/c1-14-23-25(30-37-14)24-18(28)6-5-7-19(24)31(27(23)33)17-9-8-16(13-17)29-22(32)12-15-10-20(34-2)26(36-4)21(11-15)35-3/h5-11,16-17H,12-13H2,1-4H3,(H,29,32)/t16-,17+/m1/s1. The monoisotopic (exact) mass is 523 g/mol. The SMILES string of the molecule is COc1cc(CC(=O)N[C@@H]2C=C[C@H](n3c(=O)c4c(C)onc4c4c(Cl)cccc43)C2)cc(OC)c1OC. The van der Waals surface area contributed by atoms with E-state index in [0.717, 1.165) is 5.56 Å². The van der Waals surface area contributed by atoms with E-state index in [1.807, 2.05) is 18.2 Å². The van der Waals surface area contributed by atoms with Gasteiger partial charge in [0, 0.05) is 11.4 Å². The Morgan fingerprint density at radius 3 is 2.54 bits per heavy atom. The van der Waals surface area contributed by atoms with Crippen LogP contribution < -0.4 is 25.1 Å². The molecule has 1 aliphatic carbocycles. The Morgan fingerprint density at radius 1 is 1.14 bits per heavy atom. The first kappa shape index (κ1) is 24.7. The highest BCUT2D eigenvalue weighted by molar-refractivity contribution is 6.37. The summed E-state index contributed by atoms with van der Waals surface area (Å²) in [5, 5.41) is 8.69. The fourth-order valence-electron chi connectivity index (χ4n) is 4.96. The minimum Gasteiger partial charge on any atom is -0.493 e. The van der Waals surface area contributed by atoms with E-state index >= 15 is 0 Å². The van der Waals surface area contributed by atoms with Gasteiger partial charge in [0.25, 0.3) is 5.56 Å². The van der Waals surface area contributed by atoms with Crippen molar-refractivity contribution in [2.45, 2.75) is 31.8 Å². The highest BCUT2D eigenvalue weighted by Gasteiger charge is 2.27. The van der Waals surface area contributed by atoms with Crippen LogP contribution in [0.15, 0.2) is 51.8 Å². The minimum atomic E-state index is -0.279. The van der Waals surface area contributed by atoms with E-state index in [4.69, 9.17) is 30.3 Å². The number of carbonyl (C=O) groups excluding carboxylic acids is 1. The summed E-state index contributed by atoms with van der Waals surface area (Å²) in [5.74, 6) is 1.70. The fourth-order valence-corrected chi connectivity index (χ4v) is 5.22. The summed E-state index contributed by atoms with van der Waals surface area (Å²) < 4.78 is 23.2. The van der Waals surface area contributed by atoms with Crippen LogP contribution in [0.5, 0.6) is 17.2 Å². The molecular formula is C27H26ClN3O6. The van der Waals surface area contributed by atoms with Crippen molar-refractivity contribution in [3.63, 3.8) is 0 Å². The van der Waals surface area contributed by atoms with E-state index in [2.05, 4.69) is 10.5 Å². The van der Waals surface area contributed by atoms with Gasteiger partial charge in [0.15, 0.2) is 11.5 Å². The molecule has 9 nitrogen and oxygen atoms in total. The molecule has 0 radical (unpaired) electrons. The molecule has 192 valence electrons. The molecule has 0 saturated heterocycles. The van der Waals surface area contributed by atoms with Crippen molar-refractivity contribution in [3.05, 3.63) is 69.2 Å². The number of aryl methyl sites for hydroxylation is 1. The predicted octanol–water partition coefficient (Wildman–Crippen LogP) is 4.36. The van der Waals surface area contributed by atoms with Crippen molar-refractivity contribution in [1.82, 2.24) is 15.0 Å². The van der Waals surface area contributed by atoms with Crippen LogP contribution in [0.25, 0.3) is 21.8 Å². The third kappa shape index (κ3) is 4.29. The molecule has 1 aliphatic rings. The number of ether oxygens (including phenoxy) is 3. The summed E-state index contributed by atoms with van der Waals surface area (Å²) in [6, 6.07) is 8.38. The van der Waals surface area contributed by atoms with Crippen molar-refractivity contribution in [1.29, 1.82) is 0 Å². The van der Waals surface area contributed by atoms with Gasteiger partial charge in [-0.05, 0) is 43.2 Å². The lowest BCUT2D eigenvalue weighted by atomic mass is 10.1. The Morgan fingerprint density at radius 2 is 1.86 bits per heavy atom. The van der Waals surface area contributed by atoms with Gasteiger partial charge in [0.05, 0.1) is 44.3 Å². The molecule has 2 aromatic heterocycles. The second kappa shape index (κ2) is 9.82. The van der Waals surface area contributed by atoms with Gasteiger partial charge in [0.2, 0.25) is 11.7 Å². The van der Waals surface area contributed by atoms with Crippen LogP contribution in [0.1, 0.15) is 23.8 Å². The zero-order valence-electron chi connectivity index (χ0n) is 20.8. The summed E-state index contributed by atoms with van der Waals surface area (Å²) in [4.78, 5) is 26.4. The lowest BCUT2D eigenvalue weighted by molar-refractivity contribution is -0.120. The highest BCUT2D eigenvalue weighted by atomic mass is 35.5. The van der Waals surface area contributed by atoms with E-state index in [0.29, 0.717) is 56.3 Å². The first-order valence-electron chi connectivity index (χ1n) is 11.7. The van der Waals surface area contributed by atoms with E-state index in [1.54, 1.807) is 35.8 Å². The van der Waals surface area contributed by atoms with Crippen LogP contribution in [0, 0.1) is 6.92 Å². The van der Waals surface area contributed by atoms with Crippen molar-refractivity contribution in [3.8, 4) is 17.2 Å². The Bertz CT molecular complexity index is 1580. The van der Waals surface area contributed by atoms with Crippen LogP contribution in [0.2, 0.25) is 5.02 Å². The number of allylic oxidation sites excluding steroid dienone is 1. The largest absolute Gasteiger partial charge is 0.493 e. The Labute approximate surface area is 217 Å². The molecule has 0 unspecified atom stereocenters. The van der Waals surface area contributed by atoms with E-state index in [9.17, 15) is 9.59 Å². The molecule has 1 N–H and O–H groups in total. The molecule has 4 aromatic rings. The number of pyridine rings is 1. The smallest absolute Gasteiger partial charge is 0.264 e. The molecule has 0 saturated carbocycles.